The highest BCUT2D eigenvalue weighted by atomic mass is 16.7. The Bertz CT molecular complexity index is 976. The van der Waals surface area contributed by atoms with Crippen molar-refractivity contribution in [3.05, 3.63) is 47.9 Å². The predicted molar refractivity (Wildman–Crippen MR) is 117 cm³/mol. The van der Waals surface area contributed by atoms with Gasteiger partial charge in [-0.05, 0) is 49.8 Å². The summed E-state index contributed by atoms with van der Waals surface area (Å²) in [5.74, 6) is -0.119. The Kier molecular flexibility index (Phi) is 6.73. The van der Waals surface area contributed by atoms with Gasteiger partial charge in [-0.1, -0.05) is 18.2 Å². The lowest BCUT2D eigenvalue weighted by molar-refractivity contribution is -0.147. The van der Waals surface area contributed by atoms with Gasteiger partial charge in [-0.3, -0.25) is 14.2 Å². The van der Waals surface area contributed by atoms with E-state index in [0.29, 0.717) is 19.4 Å². The summed E-state index contributed by atoms with van der Waals surface area (Å²) in [5, 5.41) is 13.0. The Morgan fingerprint density at radius 2 is 2.06 bits per heavy atom. The molecule has 1 aliphatic carbocycles. The van der Waals surface area contributed by atoms with Gasteiger partial charge >= 0.3 is 0 Å². The second-order valence-electron chi connectivity index (χ2n) is 8.31. The van der Waals surface area contributed by atoms with Crippen molar-refractivity contribution in [2.45, 2.75) is 63.7 Å². The minimum atomic E-state index is -0.560. The van der Waals surface area contributed by atoms with Gasteiger partial charge in [0.25, 0.3) is 5.91 Å². The number of nitrogens with one attached hydrogen (secondary N) is 1. The summed E-state index contributed by atoms with van der Waals surface area (Å²) in [4.78, 5) is 25.0. The number of aliphatic hydroxyl groups excluding tert-OH is 1. The summed E-state index contributed by atoms with van der Waals surface area (Å²) < 4.78 is 13.5. The number of rotatable bonds is 8. The van der Waals surface area contributed by atoms with Crippen molar-refractivity contribution in [3.8, 4) is 0 Å². The standard InChI is InChI=1S/C24H30N2O5/c1-16(28)26-15-20(19-9-2-3-10-21(19)26)17-13-22(24(29)25-18-7-6-8-18)31-23(14-17)30-12-5-4-11-27/h2-3,9-10,13,15,17-18,23,27H,4-8,11-12,14H2,1H3,(H,25,29)/t17-,23+/m1/s1. The Labute approximate surface area is 182 Å². The summed E-state index contributed by atoms with van der Waals surface area (Å²) in [7, 11) is 0. The van der Waals surface area contributed by atoms with Crippen molar-refractivity contribution in [1.29, 1.82) is 0 Å². The first-order valence-electron chi connectivity index (χ1n) is 11.1. The maximum atomic E-state index is 12.8. The van der Waals surface area contributed by atoms with Crippen LogP contribution in [0, 0.1) is 0 Å². The molecule has 2 N–H and O–H groups in total. The number of aliphatic hydroxyl groups is 1. The van der Waals surface area contributed by atoms with Crippen molar-refractivity contribution in [2.24, 2.45) is 0 Å². The molecule has 0 spiro atoms. The van der Waals surface area contributed by atoms with Gasteiger partial charge in [0.05, 0.1) is 12.1 Å². The van der Waals surface area contributed by atoms with Crippen LogP contribution in [0.4, 0.5) is 0 Å². The number of benzene rings is 1. The van der Waals surface area contributed by atoms with Crippen LogP contribution in [0.1, 0.15) is 61.7 Å². The highest BCUT2D eigenvalue weighted by molar-refractivity contribution is 5.95. The molecule has 7 heteroatoms. The number of para-hydroxylation sites is 1. The van der Waals surface area contributed by atoms with E-state index in [1.165, 1.54) is 0 Å². The number of fused-ring (bicyclic) bond motifs is 1. The van der Waals surface area contributed by atoms with Crippen LogP contribution in [-0.4, -0.2) is 47.0 Å². The minimum absolute atomic E-state index is 0.0572. The van der Waals surface area contributed by atoms with Crippen LogP contribution in [0.2, 0.25) is 0 Å². The van der Waals surface area contributed by atoms with E-state index >= 15 is 0 Å². The van der Waals surface area contributed by atoms with Gasteiger partial charge in [0.1, 0.15) is 0 Å². The quantitative estimate of drug-likeness (QED) is 0.631. The molecule has 0 saturated heterocycles. The highest BCUT2D eigenvalue weighted by Crippen LogP contribution is 2.36. The second-order valence-corrected chi connectivity index (χ2v) is 8.31. The van der Waals surface area contributed by atoms with Crippen LogP contribution in [0.5, 0.6) is 0 Å². The fourth-order valence-corrected chi connectivity index (χ4v) is 4.13. The molecule has 2 heterocycles. The van der Waals surface area contributed by atoms with Crippen LogP contribution < -0.4 is 5.32 Å². The third-order valence-corrected chi connectivity index (χ3v) is 6.06. The van der Waals surface area contributed by atoms with Crippen molar-refractivity contribution < 1.29 is 24.2 Å². The monoisotopic (exact) mass is 426 g/mol. The number of hydrogen-bond acceptors (Lipinski definition) is 5. The van der Waals surface area contributed by atoms with Crippen LogP contribution in [0.15, 0.2) is 42.3 Å². The zero-order valence-corrected chi connectivity index (χ0v) is 17.9. The zero-order chi connectivity index (χ0) is 21.8. The molecule has 0 bridgehead atoms. The molecule has 1 fully saturated rings. The van der Waals surface area contributed by atoms with Gasteiger partial charge in [0.15, 0.2) is 5.76 Å². The van der Waals surface area contributed by atoms with Gasteiger partial charge in [-0.25, -0.2) is 0 Å². The molecule has 2 aliphatic rings. The van der Waals surface area contributed by atoms with E-state index in [9.17, 15) is 9.59 Å². The molecule has 166 valence electrons. The van der Waals surface area contributed by atoms with E-state index in [1.54, 1.807) is 11.5 Å². The number of amides is 1. The van der Waals surface area contributed by atoms with Crippen molar-refractivity contribution >= 4 is 22.7 Å². The number of unbranched alkanes of at least 4 members (excludes halogenated alkanes) is 1. The molecular formula is C24H30N2O5. The molecule has 1 aromatic heterocycles. The maximum Gasteiger partial charge on any atom is 0.286 e. The fourth-order valence-electron chi connectivity index (χ4n) is 4.13. The van der Waals surface area contributed by atoms with Gasteiger partial charge in [-0.2, -0.15) is 0 Å². The number of hydrogen-bond donors (Lipinski definition) is 2. The topological polar surface area (TPSA) is 89.8 Å². The van der Waals surface area contributed by atoms with Gasteiger partial charge in [0, 0.05) is 43.5 Å². The van der Waals surface area contributed by atoms with Crippen LogP contribution in [0.25, 0.3) is 10.9 Å². The summed E-state index contributed by atoms with van der Waals surface area (Å²) in [5.41, 5.74) is 1.83. The van der Waals surface area contributed by atoms with Gasteiger partial charge < -0.3 is 19.9 Å². The van der Waals surface area contributed by atoms with E-state index in [-0.39, 0.29) is 36.1 Å². The van der Waals surface area contributed by atoms with Crippen molar-refractivity contribution in [3.63, 3.8) is 0 Å². The molecular weight excluding hydrogens is 396 g/mol. The first kappa shape index (κ1) is 21.6. The molecule has 0 radical (unpaired) electrons. The average molecular weight is 427 g/mol. The van der Waals surface area contributed by atoms with Crippen LogP contribution >= 0.6 is 0 Å². The first-order chi connectivity index (χ1) is 15.1. The Morgan fingerprint density at radius 3 is 2.77 bits per heavy atom. The number of aromatic nitrogens is 1. The van der Waals surface area contributed by atoms with Crippen LogP contribution in [0.3, 0.4) is 0 Å². The summed E-state index contributed by atoms with van der Waals surface area (Å²) in [6, 6.07) is 8.00. The zero-order valence-electron chi connectivity index (χ0n) is 17.9. The van der Waals surface area contributed by atoms with Crippen molar-refractivity contribution in [2.75, 3.05) is 13.2 Å². The fraction of sp³-hybridized carbons (Fsp3) is 0.500. The third kappa shape index (κ3) is 4.83. The second kappa shape index (κ2) is 9.66. The summed E-state index contributed by atoms with van der Waals surface area (Å²) in [6.45, 7) is 2.11. The molecule has 7 nitrogen and oxygen atoms in total. The lowest BCUT2D eigenvalue weighted by Gasteiger charge is -2.31. The van der Waals surface area contributed by atoms with E-state index in [1.807, 2.05) is 36.5 Å². The molecule has 1 saturated carbocycles. The third-order valence-electron chi connectivity index (χ3n) is 6.06. The average Bonchev–Trinajstić information content (AvgIpc) is 3.13. The number of allylic oxidation sites excluding steroid dienone is 1. The summed E-state index contributed by atoms with van der Waals surface area (Å²) in [6.07, 6.45) is 8.21. The Hall–Kier alpha value is -2.64. The summed E-state index contributed by atoms with van der Waals surface area (Å²) >= 11 is 0. The van der Waals surface area contributed by atoms with Gasteiger partial charge in [0.2, 0.25) is 12.2 Å². The molecule has 1 amide bonds. The van der Waals surface area contributed by atoms with Crippen LogP contribution in [-0.2, 0) is 14.3 Å². The smallest absolute Gasteiger partial charge is 0.286 e. The number of nitrogens with zero attached hydrogens (tertiary/aromatic N) is 1. The highest BCUT2D eigenvalue weighted by Gasteiger charge is 2.32. The number of carbonyl (C=O) groups is 2. The normalized spacial score (nSPS) is 21.3. The predicted octanol–water partition coefficient (Wildman–Crippen LogP) is 3.47. The molecule has 31 heavy (non-hydrogen) atoms. The molecule has 2 aromatic rings. The lowest BCUT2D eigenvalue weighted by Crippen LogP contribution is -2.42. The molecule has 0 unspecified atom stereocenters. The Morgan fingerprint density at radius 1 is 1.26 bits per heavy atom. The molecule has 2 atom stereocenters. The first-order valence-corrected chi connectivity index (χ1v) is 11.1. The van der Waals surface area contributed by atoms with E-state index in [0.717, 1.165) is 42.1 Å². The maximum absolute atomic E-state index is 12.8. The van der Waals surface area contributed by atoms with E-state index in [2.05, 4.69) is 5.32 Å². The molecule has 4 rings (SSSR count). The minimum Gasteiger partial charge on any atom is -0.459 e. The molecule has 1 aromatic carbocycles. The number of ether oxygens (including phenoxy) is 2. The van der Waals surface area contributed by atoms with E-state index < -0.39 is 6.29 Å². The lowest BCUT2D eigenvalue weighted by atomic mass is 9.91. The van der Waals surface area contributed by atoms with E-state index in [4.69, 9.17) is 14.6 Å². The largest absolute Gasteiger partial charge is 0.459 e. The molecule has 1 aliphatic heterocycles. The van der Waals surface area contributed by atoms with Gasteiger partial charge in [-0.15, -0.1) is 0 Å². The van der Waals surface area contributed by atoms with Crippen molar-refractivity contribution in [1.82, 2.24) is 9.88 Å². The SMILES string of the molecule is CC(=O)n1cc([C@@H]2C=C(C(=O)NC3CCC3)O[C@H](OCCCCO)C2)c2ccccc21. The number of carbonyl (C=O) groups excluding carboxylic acids is 2. The Balaban J connectivity index is 1.62.